The predicted molar refractivity (Wildman–Crippen MR) is 54.6 cm³/mol. The number of aliphatic hydroxyl groups excluding tert-OH is 1. The Morgan fingerprint density at radius 3 is 2.54 bits per heavy atom. The number of rotatable bonds is 7. The van der Waals surface area contributed by atoms with E-state index in [4.69, 9.17) is 0 Å². The first kappa shape index (κ1) is 12.6. The molecule has 0 saturated carbocycles. The molecule has 0 heterocycles. The molecule has 0 rings (SSSR count). The standard InChI is InChI=1S/C11H22O2/c1-4-11(2,3)8-5-6-10(13)7-9-12/h9-10,13H,4-8H2,1-3H3. The van der Waals surface area contributed by atoms with Gasteiger partial charge in [-0.05, 0) is 18.3 Å². The van der Waals surface area contributed by atoms with Gasteiger partial charge in [-0.25, -0.2) is 0 Å². The van der Waals surface area contributed by atoms with Crippen molar-refractivity contribution in [3.8, 4) is 0 Å². The summed E-state index contributed by atoms with van der Waals surface area (Å²) >= 11 is 0. The normalized spacial score (nSPS) is 14.2. The fraction of sp³-hybridized carbons (Fsp3) is 0.909. The van der Waals surface area contributed by atoms with Crippen molar-refractivity contribution >= 4 is 6.29 Å². The molecule has 1 unspecified atom stereocenters. The summed E-state index contributed by atoms with van der Waals surface area (Å²) in [6, 6.07) is 0. The van der Waals surface area contributed by atoms with Crippen molar-refractivity contribution < 1.29 is 9.90 Å². The third kappa shape index (κ3) is 6.76. The summed E-state index contributed by atoms with van der Waals surface area (Å²) in [6.45, 7) is 6.65. The Morgan fingerprint density at radius 2 is 2.08 bits per heavy atom. The highest BCUT2D eigenvalue weighted by Gasteiger charge is 2.15. The van der Waals surface area contributed by atoms with Gasteiger partial charge in [0.15, 0.2) is 0 Å². The summed E-state index contributed by atoms with van der Waals surface area (Å²) in [7, 11) is 0. The van der Waals surface area contributed by atoms with Gasteiger partial charge in [0.25, 0.3) is 0 Å². The first-order chi connectivity index (χ1) is 6.02. The first-order valence-corrected chi connectivity index (χ1v) is 5.13. The molecule has 0 aliphatic heterocycles. The Labute approximate surface area is 81.3 Å². The molecule has 2 heteroatoms. The molecule has 0 radical (unpaired) electrons. The van der Waals surface area contributed by atoms with Crippen molar-refractivity contribution in [2.24, 2.45) is 5.41 Å². The van der Waals surface area contributed by atoms with Crippen LogP contribution in [0.5, 0.6) is 0 Å². The zero-order chi connectivity index (χ0) is 10.3. The second-order valence-electron chi connectivity index (χ2n) is 4.47. The smallest absolute Gasteiger partial charge is 0.122 e. The zero-order valence-electron chi connectivity index (χ0n) is 9.05. The van der Waals surface area contributed by atoms with E-state index in [9.17, 15) is 9.90 Å². The molecule has 0 aromatic carbocycles. The first-order valence-electron chi connectivity index (χ1n) is 5.13. The van der Waals surface area contributed by atoms with Crippen LogP contribution in [0.4, 0.5) is 0 Å². The topological polar surface area (TPSA) is 37.3 Å². The van der Waals surface area contributed by atoms with Crippen LogP contribution < -0.4 is 0 Å². The van der Waals surface area contributed by atoms with Gasteiger partial charge in [-0.1, -0.05) is 33.6 Å². The van der Waals surface area contributed by atoms with Gasteiger partial charge < -0.3 is 9.90 Å². The van der Waals surface area contributed by atoms with Crippen LogP contribution in [0.3, 0.4) is 0 Å². The molecule has 2 nitrogen and oxygen atoms in total. The minimum atomic E-state index is -0.426. The maximum absolute atomic E-state index is 10.1. The average molecular weight is 186 g/mol. The highest BCUT2D eigenvalue weighted by molar-refractivity contribution is 5.49. The second-order valence-corrected chi connectivity index (χ2v) is 4.47. The highest BCUT2D eigenvalue weighted by atomic mass is 16.3. The summed E-state index contributed by atoms with van der Waals surface area (Å²) in [5, 5.41) is 9.29. The molecule has 13 heavy (non-hydrogen) atoms. The largest absolute Gasteiger partial charge is 0.393 e. The van der Waals surface area contributed by atoms with Gasteiger partial charge in [-0.15, -0.1) is 0 Å². The summed E-state index contributed by atoms with van der Waals surface area (Å²) in [5.41, 5.74) is 0.376. The lowest BCUT2D eigenvalue weighted by Gasteiger charge is -2.22. The van der Waals surface area contributed by atoms with Crippen LogP contribution in [0.2, 0.25) is 0 Å². The Balaban J connectivity index is 3.49. The van der Waals surface area contributed by atoms with E-state index in [1.165, 1.54) is 0 Å². The van der Waals surface area contributed by atoms with Gasteiger partial charge in [-0.3, -0.25) is 0 Å². The molecule has 0 spiro atoms. The number of carbonyl (C=O) groups excluding carboxylic acids is 1. The van der Waals surface area contributed by atoms with E-state index in [0.29, 0.717) is 5.41 Å². The molecular weight excluding hydrogens is 164 g/mol. The van der Waals surface area contributed by atoms with Crippen LogP contribution in [0.25, 0.3) is 0 Å². The molecule has 1 atom stereocenters. The van der Waals surface area contributed by atoms with Crippen molar-refractivity contribution in [3.05, 3.63) is 0 Å². The maximum Gasteiger partial charge on any atom is 0.122 e. The van der Waals surface area contributed by atoms with Crippen molar-refractivity contribution in [1.29, 1.82) is 0 Å². The SMILES string of the molecule is CCC(C)(C)CCCC(O)CC=O. The predicted octanol–water partition coefficient (Wildman–Crippen LogP) is 2.54. The summed E-state index contributed by atoms with van der Waals surface area (Å²) in [6.07, 6.45) is 4.70. The fourth-order valence-electron chi connectivity index (χ4n) is 1.22. The van der Waals surface area contributed by atoms with Gasteiger partial charge in [0.2, 0.25) is 0 Å². The van der Waals surface area contributed by atoms with E-state index in [-0.39, 0.29) is 6.42 Å². The van der Waals surface area contributed by atoms with Crippen LogP contribution in [-0.4, -0.2) is 17.5 Å². The zero-order valence-corrected chi connectivity index (χ0v) is 9.05. The van der Waals surface area contributed by atoms with Crippen LogP contribution in [-0.2, 0) is 4.79 Å². The Kier molecular flexibility index (Phi) is 5.97. The minimum Gasteiger partial charge on any atom is -0.393 e. The van der Waals surface area contributed by atoms with E-state index in [2.05, 4.69) is 20.8 Å². The molecule has 0 saturated heterocycles. The molecule has 1 N–H and O–H groups in total. The number of aldehydes is 1. The molecule has 78 valence electrons. The summed E-state index contributed by atoms with van der Waals surface area (Å²) in [5.74, 6) is 0. The summed E-state index contributed by atoms with van der Waals surface area (Å²) in [4.78, 5) is 10.1. The van der Waals surface area contributed by atoms with E-state index in [0.717, 1.165) is 32.0 Å². The summed E-state index contributed by atoms with van der Waals surface area (Å²) < 4.78 is 0. The molecule has 0 aromatic rings. The fourth-order valence-corrected chi connectivity index (χ4v) is 1.22. The van der Waals surface area contributed by atoms with Crippen molar-refractivity contribution in [1.82, 2.24) is 0 Å². The van der Waals surface area contributed by atoms with Crippen LogP contribution in [0, 0.1) is 5.41 Å². The number of aliphatic hydroxyl groups is 1. The van der Waals surface area contributed by atoms with E-state index >= 15 is 0 Å². The molecular formula is C11H22O2. The second kappa shape index (κ2) is 6.14. The van der Waals surface area contributed by atoms with E-state index in [1.807, 2.05) is 0 Å². The Morgan fingerprint density at radius 1 is 1.46 bits per heavy atom. The lowest BCUT2D eigenvalue weighted by Crippen LogP contribution is -2.12. The molecule has 0 aromatic heterocycles. The third-order valence-electron chi connectivity index (χ3n) is 2.72. The molecule has 0 aliphatic rings. The van der Waals surface area contributed by atoms with E-state index in [1.54, 1.807) is 0 Å². The minimum absolute atomic E-state index is 0.284. The molecule has 0 aliphatic carbocycles. The monoisotopic (exact) mass is 186 g/mol. The van der Waals surface area contributed by atoms with Gasteiger partial charge in [-0.2, -0.15) is 0 Å². The lowest BCUT2D eigenvalue weighted by molar-refractivity contribution is -0.109. The number of carbonyl (C=O) groups is 1. The molecule has 0 amide bonds. The van der Waals surface area contributed by atoms with Gasteiger partial charge in [0.05, 0.1) is 6.10 Å². The number of hydrogen-bond donors (Lipinski definition) is 1. The Bertz CT molecular complexity index is 141. The van der Waals surface area contributed by atoms with Crippen LogP contribution in [0.15, 0.2) is 0 Å². The number of hydrogen-bond acceptors (Lipinski definition) is 2. The van der Waals surface area contributed by atoms with Crippen molar-refractivity contribution in [2.75, 3.05) is 0 Å². The van der Waals surface area contributed by atoms with Gasteiger partial charge in [0, 0.05) is 6.42 Å². The van der Waals surface area contributed by atoms with Gasteiger partial charge >= 0.3 is 0 Å². The van der Waals surface area contributed by atoms with Crippen LogP contribution >= 0.6 is 0 Å². The Hall–Kier alpha value is -0.370. The molecule has 0 fully saturated rings. The quantitative estimate of drug-likeness (QED) is 0.620. The van der Waals surface area contributed by atoms with Crippen LogP contribution in [0.1, 0.15) is 52.9 Å². The van der Waals surface area contributed by atoms with Gasteiger partial charge in [0.1, 0.15) is 6.29 Å². The van der Waals surface area contributed by atoms with Crippen molar-refractivity contribution in [2.45, 2.75) is 59.0 Å². The highest BCUT2D eigenvalue weighted by Crippen LogP contribution is 2.27. The maximum atomic E-state index is 10.1. The average Bonchev–Trinajstić information content (AvgIpc) is 2.05. The lowest BCUT2D eigenvalue weighted by atomic mass is 9.84. The van der Waals surface area contributed by atoms with E-state index < -0.39 is 6.10 Å². The van der Waals surface area contributed by atoms with Crippen molar-refractivity contribution in [3.63, 3.8) is 0 Å². The third-order valence-corrected chi connectivity index (χ3v) is 2.72. The molecule has 0 bridgehead atoms.